The molecule has 1 fully saturated rings. The molecule has 0 aromatic heterocycles. The summed E-state index contributed by atoms with van der Waals surface area (Å²) in [4.78, 5) is 0. The standard InChI is InChI=1S/C8H17NO/c1-6(7-2-3-7)4-8(9)5-10/h6-8,10H,2-5,9H2,1H3/t6?,8-/m0/s1. The van der Waals surface area contributed by atoms with Gasteiger partial charge in [0.05, 0.1) is 6.61 Å². The maximum Gasteiger partial charge on any atom is 0.0582 e. The zero-order valence-electron chi connectivity index (χ0n) is 6.59. The smallest absolute Gasteiger partial charge is 0.0582 e. The van der Waals surface area contributed by atoms with E-state index in [1.165, 1.54) is 12.8 Å². The minimum atomic E-state index is 0.00981. The topological polar surface area (TPSA) is 46.2 Å². The fourth-order valence-electron chi connectivity index (χ4n) is 1.41. The van der Waals surface area contributed by atoms with Crippen molar-refractivity contribution in [2.75, 3.05) is 6.61 Å². The maximum atomic E-state index is 8.66. The first-order valence-electron chi connectivity index (χ1n) is 4.10. The molecule has 0 spiro atoms. The third kappa shape index (κ3) is 2.27. The highest BCUT2D eigenvalue weighted by molar-refractivity contribution is 4.80. The lowest BCUT2D eigenvalue weighted by molar-refractivity contribution is 0.242. The summed E-state index contributed by atoms with van der Waals surface area (Å²) >= 11 is 0. The van der Waals surface area contributed by atoms with E-state index in [-0.39, 0.29) is 12.6 Å². The van der Waals surface area contributed by atoms with Crippen LogP contribution in [0.15, 0.2) is 0 Å². The summed E-state index contributed by atoms with van der Waals surface area (Å²) in [6.45, 7) is 2.37. The summed E-state index contributed by atoms with van der Waals surface area (Å²) in [5.74, 6) is 1.64. The zero-order chi connectivity index (χ0) is 7.56. The molecule has 60 valence electrons. The molecule has 3 N–H and O–H groups in total. The van der Waals surface area contributed by atoms with Gasteiger partial charge in [-0.2, -0.15) is 0 Å². The number of rotatable bonds is 4. The van der Waals surface area contributed by atoms with Crippen LogP contribution < -0.4 is 5.73 Å². The number of hydrogen-bond acceptors (Lipinski definition) is 2. The molecule has 0 aromatic carbocycles. The van der Waals surface area contributed by atoms with Gasteiger partial charge in [0.25, 0.3) is 0 Å². The van der Waals surface area contributed by atoms with Crippen molar-refractivity contribution in [2.24, 2.45) is 17.6 Å². The van der Waals surface area contributed by atoms with Crippen molar-refractivity contribution in [2.45, 2.75) is 32.2 Å². The Morgan fingerprint density at radius 2 is 2.20 bits per heavy atom. The van der Waals surface area contributed by atoms with Gasteiger partial charge < -0.3 is 10.8 Å². The average molecular weight is 143 g/mol. The summed E-state index contributed by atoms with van der Waals surface area (Å²) in [5, 5.41) is 8.66. The van der Waals surface area contributed by atoms with Gasteiger partial charge in [0.15, 0.2) is 0 Å². The number of aliphatic hydroxyl groups is 1. The molecule has 1 aliphatic rings. The molecule has 2 atom stereocenters. The molecule has 0 saturated heterocycles. The molecule has 1 unspecified atom stereocenters. The van der Waals surface area contributed by atoms with Crippen LogP contribution >= 0.6 is 0 Å². The average Bonchev–Trinajstić information content (AvgIpc) is 2.68. The fourth-order valence-corrected chi connectivity index (χ4v) is 1.41. The van der Waals surface area contributed by atoms with Crippen LogP contribution in [0.5, 0.6) is 0 Å². The highest BCUT2D eigenvalue weighted by Crippen LogP contribution is 2.38. The Hall–Kier alpha value is -0.0800. The minimum Gasteiger partial charge on any atom is -0.395 e. The molecular weight excluding hydrogens is 126 g/mol. The predicted molar refractivity (Wildman–Crippen MR) is 41.6 cm³/mol. The van der Waals surface area contributed by atoms with Crippen LogP contribution in [0.2, 0.25) is 0 Å². The van der Waals surface area contributed by atoms with E-state index < -0.39 is 0 Å². The van der Waals surface area contributed by atoms with Crippen LogP contribution in [0.1, 0.15) is 26.2 Å². The summed E-state index contributed by atoms with van der Waals surface area (Å²) < 4.78 is 0. The van der Waals surface area contributed by atoms with Crippen molar-refractivity contribution in [3.05, 3.63) is 0 Å². The van der Waals surface area contributed by atoms with Crippen LogP contribution in [0.3, 0.4) is 0 Å². The molecule has 1 aliphatic carbocycles. The van der Waals surface area contributed by atoms with E-state index in [9.17, 15) is 0 Å². The first-order valence-corrected chi connectivity index (χ1v) is 4.10. The van der Waals surface area contributed by atoms with Crippen molar-refractivity contribution in [3.8, 4) is 0 Å². The van der Waals surface area contributed by atoms with Crippen LogP contribution in [-0.2, 0) is 0 Å². The van der Waals surface area contributed by atoms with E-state index in [4.69, 9.17) is 10.8 Å². The second-order valence-electron chi connectivity index (χ2n) is 3.49. The van der Waals surface area contributed by atoms with Gasteiger partial charge in [-0.15, -0.1) is 0 Å². The molecule has 2 heteroatoms. The Kier molecular flexibility index (Phi) is 2.69. The van der Waals surface area contributed by atoms with Gasteiger partial charge in [-0.3, -0.25) is 0 Å². The number of aliphatic hydroxyl groups excluding tert-OH is 1. The highest BCUT2D eigenvalue weighted by Gasteiger charge is 2.28. The Labute approximate surface area is 62.4 Å². The second kappa shape index (κ2) is 3.35. The van der Waals surface area contributed by atoms with E-state index >= 15 is 0 Å². The minimum absolute atomic E-state index is 0.00981. The molecule has 10 heavy (non-hydrogen) atoms. The summed E-state index contributed by atoms with van der Waals surface area (Å²) in [7, 11) is 0. The summed E-state index contributed by atoms with van der Waals surface area (Å²) in [6, 6.07) is 0.00981. The first-order chi connectivity index (χ1) is 4.74. The van der Waals surface area contributed by atoms with Gasteiger partial charge >= 0.3 is 0 Å². The largest absolute Gasteiger partial charge is 0.395 e. The van der Waals surface area contributed by atoms with Gasteiger partial charge in [0, 0.05) is 6.04 Å². The summed E-state index contributed by atoms with van der Waals surface area (Å²) in [6.07, 6.45) is 3.74. The SMILES string of the molecule is CC(C[C@H](N)CO)C1CC1. The van der Waals surface area contributed by atoms with Gasteiger partial charge in [-0.25, -0.2) is 0 Å². The van der Waals surface area contributed by atoms with Crippen molar-refractivity contribution in [3.63, 3.8) is 0 Å². The van der Waals surface area contributed by atoms with E-state index in [0.29, 0.717) is 0 Å². The maximum absolute atomic E-state index is 8.66. The zero-order valence-corrected chi connectivity index (χ0v) is 6.59. The van der Waals surface area contributed by atoms with Crippen molar-refractivity contribution < 1.29 is 5.11 Å². The fraction of sp³-hybridized carbons (Fsp3) is 1.00. The molecule has 0 amide bonds. The molecular formula is C8H17NO. The predicted octanol–water partition coefficient (Wildman–Crippen LogP) is 0.742. The van der Waals surface area contributed by atoms with Crippen molar-refractivity contribution in [1.82, 2.24) is 0 Å². The monoisotopic (exact) mass is 143 g/mol. The second-order valence-corrected chi connectivity index (χ2v) is 3.49. The lowest BCUT2D eigenvalue weighted by Crippen LogP contribution is -2.27. The van der Waals surface area contributed by atoms with Gasteiger partial charge in [0.1, 0.15) is 0 Å². The lowest BCUT2D eigenvalue weighted by Gasteiger charge is -2.13. The Balaban J connectivity index is 2.10. The quantitative estimate of drug-likeness (QED) is 0.609. The Bertz CT molecular complexity index is 101. The normalized spacial score (nSPS) is 24.3. The Morgan fingerprint density at radius 3 is 2.60 bits per heavy atom. The molecule has 2 nitrogen and oxygen atoms in total. The van der Waals surface area contributed by atoms with Crippen molar-refractivity contribution in [1.29, 1.82) is 0 Å². The van der Waals surface area contributed by atoms with E-state index in [0.717, 1.165) is 18.3 Å². The molecule has 1 saturated carbocycles. The molecule has 0 aliphatic heterocycles. The van der Waals surface area contributed by atoms with E-state index in [1.54, 1.807) is 0 Å². The van der Waals surface area contributed by atoms with Crippen LogP contribution in [0, 0.1) is 11.8 Å². The third-order valence-electron chi connectivity index (χ3n) is 2.34. The highest BCUT2D eigenvalue weighted by atomic mass is 16.3. The van der Waals surface area contributed by atoms with Crippen LogP contribution in [-0.4, -0.2) is 17.8 Å². The molecule has 0 heterocycles. The van der Waals surface area contributed by atoms with Gasteiger partial charge in [-0.05, 0) is 31.1 Å². The number of hydrogen-bond donors (Lipinski definition) is 2. The number of nitrogens with two attached hydrogens (primary N) is 1. The van der Waals surface area contributed by atoms with E-state index in [1.807, 2.05) is 0 Å². The summed E-state index contributed by atoms with van der Waals surface area (Å²) in [5.41, 5.74) is 5.59. The first kappa shape index (κ1) is 8.02. The van der Waals surface area contributed by atoms with Crippen LogP contribution in [0.4, 0.5) is 0 Å². The molecule has 0 aromatic rings. The molecule has 0 bridgehead atoms. The Morgan fingerprint density at radius 1 is 1.60 bits per heavy atom. The van der Waals surface area contributed by atoms with Gasteiger partial charge in [-0.1, -0.05) is 6.92 Å². The molecule has 0 radical (unpaired) electrons. The third-order valence-corrected chi connectivity index (χ3v) is 2.34. The van der Waals surface area contributed by atoms with Gasteiger partial charge in [0.2, 0.25) is 0 Å². The lowest BCUT2D eigenvalue weighted by atomic mass is 9.98. The van der Waals surface area contributed by atoms with Crippen molar-refractivity contribution >= 4 is 0 Å². The van der Waals surface area contributed by atoms with Crippen LogP contribution in [0.25, 0.3) is 0 Å². The van der Waals surface area contributed by atoms with E-state index in [2.05, 4.69) is 6.92 Å². The molecule has 1 rings (SSSR count).